The molecule has 2 aromatic carbocycles. The predicted octanol–water partition coefficient (Wildman–Crippen LogP) is 5.62. The van der Waals surface area contributed by atoms with Crippen LogP contribution in [0.4, 0.5) is 0 Å². The van der Waals surface area contributed by atoms with Crippen LogP contribution in [0.3, 0.4) is 0 Å². The third-order valence-corrected chi connectivity index (χ3v) is 4.68. The average molecular weight is 363 g/mol. The van der Waals surface area contributed by atoms with Crippen molar-refractivity contribution in [3.05, 3.63) is 36.4 Å². The summed E-state index contributed by atoms with van der Waals surface area (Å²) in [5.74, 6) is 1.50. The van der Waals surface area contributed by atoms with Crippen molar-refractivity contribution in [1.82, 2.24) is 15.0 Å². The van der Waals surface area contributed by atoms with Crippen molar-refractivity contribution in [2.24, 2.45) is 0 Å². The van der Waals surface area contributed by atoms with Gasteiger partial charge in [0.15, 0.2) is 17.1 Å². The van der Waals surface area contributed by atoms with Gasteiger partial charge in [-0.25, -0.2) is 9.97 Å². The number of nitrogens with one attached hydrogen (secondary N) is 1. The van der Waals surface area contributed by atoms with Gasteiger partial charge < -0.3 is 14.5 Å². The van der Waals surface area contributed by atoms with E-state index in [2.05, 4.69) is 24.9 Å². The fourth-order valence-corrected chi connectivity index (χ4v) is 3.14. The van der Waals surface area contributed by atoms with Crippen LogP contribution in [0.1, 0.15) is 39.5 Å². The molecule has 140 valence electrons. The Balaban J connectivity index is 1.80. The monoisotopic (exact) mass is 363 g/mol. The van der Waals surface area contributed by atoms with E-state index in [9.17, 15) is 0 Å². The molecular formula is C22H25N3O2. The van der Waals surface area contributed by atoms with Gasteiger partial charge in [-0.15, -0.1) is 0 Å². The summed E-state index contributed by atoms with van der Waals surface area (Å²) in [4.78, 5) is 13.0. The minimum atomic E-state index is 0.675. The lowest BCUT2D eigenvalue weighted by molar-refractivity contribution is 0.262. The summed E-state index contributed by atoms with van der Waals surface area (Å²) in [5, 5.41) is 1.08. The largest absolute Gasteiger partial charge is 0.490 e. The molecule has 0 saturated heterocycles. The first-order valence-corrected chi connectivity index (χ1v) is 9.78. The molecular weight excluding hydrogens is 338 g/mol. The maximum Gasteiger partial charge on any atom is 0.163 e. The number of nitrogens with zero attached hydrogens (tertiary/aromatic N) is 2. The highest BCUT2D eigenvalue weighted by Crippen LogP contribution is 2.33. The molecule has 0 amide bonds. The second kappa shape index (κ2) is 7.82. The highest BCUT2D eigenvalue weighted by molar-refractivity contribution is 6.05. The fourth-order valence-electron chi connectivity index (χ4n) is 3.14. The molecule has 0 fully saturated rings. The van der Waals surface area contributed by atoms with Gasteiger partial charge in [-0.2, -0.15) is 0 Å². The van der Waals surface area contributed by atoms with Gasteiger partial charge in [0.2, 0.25) is 0 Å². The van der Waals surface area contributed by atoms with Gasteiger partial charge in [-0.05, 0) is 18.9 Å². The molecule has 2 aromatic heterocycles. The van der Waals surface area contributed by atoms with E-state index in [0.717, 1.165) is 70.3 Å². The van der Waals surface area contributed by atoms with Crippen LogP contribution in [0.15, 0.2) is 36.4 Å². The third-order valence-electron chi connectivity index (χ3n) is 4.68. The van der Waals surface area contributed by atoms with Crippen LogP contribution >= 0.6 is 0 Å². The van der Waals surface area contributed by atoms with Gasteiger partial charge in [-0.1, -0.05) is 44.9 Å². The molecule has 5 nitrogen and oxygen atoms in total. The number of para-hydroxylation sites is 1. The van der Waals surface area contributed by atoms with Gasteiger partial charge in [-0.3, -0.25) is 0 Å². The van der Waals surface area contributed by atoms with Gasteiger partial charge in [0.25, 0.3) is 0 Å². The molecule has 0 aliphatic rings. The van der Waals surface area contributed by atoms with Crippen LogP contribution in [0.5, 0.6) is 11.5 Å². The van der Waals surface area contributed by atoms with Crippen molar-refractivity contribution in [3.63, 3.8) is 0 Å². The van der Waals surface area contributed by atoms with Crippen molar-refractivity contribution < 1.29 is 9.47 Å². The van der Waals surface area contributed by atoms with Crippen LogP contribution in [-0.2, 0) is 0 Å². The van der Waals surface area contributed by atoms with Crippen molar-refractivity contribution in [3.8, 4) is 11.5 Å². The number of aromatic nitrogens is 3. The quantitative estimate of drug-likeness (QED) is 0.413. The minimum Gasteiger partial charge on any atom is -0.490 e. The summed E-state index contributed by atoms with van der Waals surface area (Å²) in [6, 6.07) is 12.0. The average Bonchev–Trinajstić information content (AvgIpc) is 3.04. The van der Waals surface area contributed by atoms with Crippen LogP contribution in [0, 0.1) is 0 Å². The first kappa shape index (κ1) is 17.6. The van der Waals surface area contributed by atoms with E-state index < -0.39 is 0 Å². The number of fused-ring (bicyclic) bond motifs is 4. The first-order valence-electron chi connectivity index (χ1n) is 9.78. The Bertz CT molecular complexity index is 1070. The Morgan fingerprint density at radius 3 is 2.15 bits per heavy atom. The number of H-pyrrole nitrogens is 1. The standard InChI is InChI=1S/C22H25N3O2/c1-3-5-11-26-19-13-17-18(14-20(19)27-12-6-4-2)25-22-21(23-17)15-9-7-8-10-16(15)24-22/h7-10,13-14H,3-6,11-12H2,1-2H3,(H,24,25). The molecule has 0 aliphatic heterocycles. The lowest BCUT2D eigenvalue weighted by atomic mass is 10.2. The topological polar surface area (TPSA) is 60.0 Å². The Hall–Kier alpha value is -2.82. The second-order valence-corrected chi connectivity index (χ2v) is 6.78. The molecule has 0 unspecified atom stereocenters. The lowest BCUT2D eigenvalue weighted by Crippen LogP contribution is -2.03. The van der Waals surface area contributed by atoms with Gasteiger partial charge in [0, 0.05) is 23.0 Å². The highest BCUT2D eigenvalue weighted by atomic mass is 16.5. The van der Waals surface area contributed by atoms with E-state index in [1.54, 1.807) is 0 Å². The number of ether oxygens (including phenoxy) is 2. The van der Waals surface area contributed by atoms with Crippen LogP contribution in [-0.4, -0.2) is 28.2 Å². The Morgan fingerprint density at radius 1 is 0.852 bits per heavy atom. The number of unbranched alkanes of at least 4 members (excludes halogenated alkanes) is 2. The molecule has 0 aliphatic carbocycles. The van der Waals surface area contributed by atoms with E-state index in [1.807, 2.05) is 30.3 Å². The summed E-state index contributed by atoms with van der Waals surface area (Å²) in [6.45, 7) is 5.66. The van der Waals surface area contributed by atoms with Crippen LogP contribution < -0.4 is 9.47 Å². The minimum absolute atomic E-state index is 0.675. The molecule has 5 heteroatoms. The van der Waals surface area contributed by atoms with Gasteiger partial charge in [0.05, 0.1) is 24.2 Å². The molecule has 0 spiro atoms. The summed E-state index contributed by atoms with van der Waals surface area (Å²) < 4.78 is 12.0. The third kappa shape index (κ3) is 3.54. The van der Waals surface area contributed by atoms with E-state index >= 15 is 0 Å². The lowest BCUT2D eigenvalue weighted by Gasteiger charge is -2.13. The van der Waals surface area contributed by atoms with Gasteiger partial charge >= 0.3 is 0 Å². The van der Waals surface area contributed by atoms with Crippen molar-refractivity contribution in [1.29, 1.82) is 0 Å². The fraction of sp³-hybridized carbons (Fsp3) is 0.364. The van der Waals surface area contributed by atoms with E-state index in [1.165, 1.54) is 0 Å². The number of rotatable bonds is 8. The first-order chi connectivity index (χ1) is 13.3. The molecule has 2 heterocycles. The molecule has 0 bridgehead atoms. The van der Waals surface area contributed by atoms with Crippen molar-refractivity contribution in [2.75, 3.05) is 13.2 Å². The number of benzene rings is 2. The maximum absolute atomic E-state index is 6.00. The zero-order chi connectivity index (χ0) is 18.6. The number of hydrogen-bond acceptors (Lipinski definition) is 4. The second-order valence-electron chi connectivity index (χ2n) is 6.78. The smallest absolute Gasteiger partial charge is 0.163 e. The number of aromatic amines is 1. The normalized spacial score (nSPS) is 11.5. The Labute approximate surface area is 158 Å². The molecule has 4 rings (SSSR count). The summed E-state index contributed by atoms with van der Waals surface area (Å²) in [6.07, 6.45) is 4.21. The van der Waals surface area contributed by atoms with Crippen LogP contribution in [0.2, 0.25) is 0 Å². The Morgan fingerprint density at radius 2 is 1.48 bits per heavy atom. The maximum atomic E-state index is 6.00. The SMILES string of the molecule is CCCCOc1cc2nc3[nH]c4ccccc4c3nc2cc1OCCCC. The predicted molar refractivity (Wildman–Crippen MR) is 110 cm³/mol. The molecule has 1 N–H and O–H groups in total. The Kier molecular flexibility index (Phi) is 5.10. The van der Waals surface area contributed by atoms with Crippen molar-refractivity contribution in [2.45, 2.75) is 39.5 Å². The molecule has 27 heavy (non-hydrogen) atoms. The summed E-state index contributed by atoms with van der Waals surface area (Å²) in [5.41, 5.74) is 4.35. The van der Waals surface area contributed by atoms with E-state index in [-0.39, 0.29) is 0 Å². The van der Waals surface area contributed by atoms with Crippen LogP contribution in [0.25, 0.3) is 33.1 Å². The molecule has 0 atom stereocenters. The van der Waals surface area contributed by atoms with E-state index in [4.69, 9.17) is 19.4 Å². The van der Waals surface area contributed by atoms with E-state index in [0.29, 0.717) is 13.2 Å². The van der Waals surface area contributed by atoms with Gasteiger partial charge in [0.1, 0.15) is 5.52 Å². The molecule has 0 saturated carbocycles. The van der Waals surface area contributed by atoms with Crippen molar-refractivity contribution >= 4 is 33.1 Å². The molecule has 0 radical (unpaired) electrons. The summed E-state index contributed by atoms with van der Waals surface area (Å²) in [7, 11) is 0. The summed E-state index contributed by atoms with van der Waals surface area (Å²) >= 11 is 0. The molecule has 4 aromatic rings. The zero-order valence-electron chi connectivity index (χ0n) is 15.9. The zero-order valence-corrected chi connectivity index (χ0v) is 15.9. The number of hydrogen-bond donors (Lipinski definition) is 1. The highest BCUT2D eigenvalue weighted by Gasteiger charge is 2.13.